The van der Waals surface area contributed by atoms with Crippen LogP contribution in [0.25, 0.3) is 0 Å². The van der Waals surface area contributed by atoms with Crippen molar-refractivity contribution in [2.24, 2.45) is 0 Å². The van der Waals surface area contributed by atoms with Crippen LogP contribution in [-0.2, 0) is 10.0 Å². The van der Waals surface area contributed by atoms with Crippen LogP contribution < -0.4 is 10.0 Å². The molecule has 3 N–H and O–H groups in total. The van der Waals surface area contributed by atoms with E-state index in [-0.39, 0.29) is 22.7 Å². The average Bonchev–Trinajstić information content (AvgIpc) is 2.74. The van der Waals surface area contributed by atoms with E-state index in [1.54, 1.807) is 55.5 Å². The molecule has 0 radical (unpaired) electrons. The van der Waals surface area contributed by atoms with Crippen molar-refractivity contribution in [3.8, 4) is 0 Å². The number of amides is 1. The van der Waals surface area contributed by atoms with Gasteiger partial charge in [0.1, 0.15) is 0 Å². The molecule has 0 aliphatic rings. The van der Waals surface area contributed by atoms with E-state index in [9.17, 15) is 18.3 Å². The summed E-state index contributed by atoms with van der Waals surface area (Å²) in [5.41, 5.74) is 2.33. The van der Waals surface area contributed by atoms with Crippen LogP contribution in [0.3, 0.4) is 0 Å². The molecule has 0 aliphatic carbocycles. The summed E-state index contributed by atoms with van der Waals surface area (Å²) in [5, 5.41) is 13.5. The van der Waals surface area contributed by atoms with Gasteiger partial charge in [0.05, 0.1) is 22.3 Å². The molecule has 0 saturated carbocycles. The van der Waals surface area contributed by atoms with E-state index in [2.05, 4.69) is 10.0 Å². The number of hydrogen-bond donors (Lipinski definition) is 3. The number of halogens is 1. The Balaban J connectivity index is 1.77. The number of nitrogens with one attached hydrogen (secondary N) is 2. The molecule has 0 aliphatic heterocycles. The van der Waals surface area contributed by atoms with Crippen molar-refractivity contribution in [2.75, 3.05) is 11.3 Å². The van der Waals surface area contributed by atoms with Crippen molar-refractivity contribution in [1.29, 1.82) is 0 Å². The second-order valence-electron chi connectivity index (χ2n) is 7.20. The predicted molar refractivity (Wildman–Crippen MR) is 122 cm³/mol. The molecule has 0 aromatic heterocycles. The Morgan fingerprint density at radius 2 is 1.71 bits per heavy atom. The number of benzene rings is 3. The Kier molecular flexibility index (Phi) is 7.00. The van der Waals surface area contributed by atoms with Gasteiger partial charge in [-0.1, -0.05) is 48.0 Å². The van der Waals surface area contributed by atoms with E-state index in [0.29, 0.717) is 16.1 Å². The molecule has 1 unspecified atom stereocenters. The van der Waals surface area contributed by atoms with Gasteiger partial charge < -0.3 is 10.4 Å². The zero-order valence-corrected chi connectivity index (χ0v) is 18.7. The molecule has 6 nitrogen and oxygen atoms in total. The first-order chi connectivity index (χ1) is 14.7. The van der Waals surface area contributed by atoms with Crippen LogP contribution in [0.5, 0.6) is 0 Å². The predicted octanol–water partition coefficient (Wildman–Crippen LogP) is 4.22. The highest BCUT2D eigenvalue weighted by Gasteiger charge is 2.21. The van der Waals surface area contributed by atoms with E-state index < -0.39 is 22.0 Å². The number of aliphatic hydroxyl groups excluding tert-OH is 1. The Bertz CT molecular complexity index is 1190. The first kappa shape index (κ1) is 22.8. The van der Waals surface area contributed by atoms with Gasteiger partial charge in [-0.2, -0.15) is 0 Å². The normalized spacial score (nSPS) is 12.3. The molecule has 0 spiro atoms. The van der Waals surface area contributed by atoms with Crippen molar-refractivity contribution >= 4 is 33.2 Å². The molecule has 3 aromatic rings. The van der Waals surface area contributed by atoms with Crippen molar-refractivity contribution in [3.05, 3.63) is 94.0 Å². The van der Waals surface area contributed by atoms with Gasteiger partial charge in [0, 0.05) is 11.6 Å². The standard InChI is InChI=1S/C23H23ClN2O4S/c1-15-7-8-16(2)22(13-15)31(29,30)26-20-6-4-3-5-19(20)23(28)25-14-21(27)17-9-11-18(24)12-10-17/h3-13,21,26-27H,14H2,1-2H3,(H,25,28). The molecule has 162 valence electrons. The molecular formula is C23H23ClN2O4S. The Labute approximate surface area is 186 Å². The molecular weight excluding hydrogens is 436 g/mol. The summed E-state index contributed by atoms with van der Waals surface area (Å²) in [4.78, 5) is 12.9. The van der Waals surface area contributed by atoms with E-state index in [1.807, 2.05) is 13.0 Å². The third-order valence-electron chi connectivity index (χ3n) is 4.76. The highest BCUT2D eigenvalue weighted by atomic mass is 35.5. The minimum Gasteiger partial charge on any atom is -0.387 e. The smallest absolute Gasteiger partial charge is 0.262 e. The Morgan fingerprint density at radius 1 is 1.03 bits per heavy atom. The van der Waals surface area contributed by atoms with Gasteiger partial charge in [0.2, 0.25) is 0 Å². The second-order valence-corrected chi connectivity index (χ2v) is 9.28. The highest BCUT2D eigenvalue weighted by Crippen LogP contribution is 2.23. The molecule has 3 rings (SSSR count). The van der Waals surface area contributed by atoms with Gasteiger partial charge in [-0.05, 0) is 60.9 Å². The number of para-hydroxylation sites is 1. The van der Waals surface area contributed by atoms with Gasteiger partial charge in [-0.3, -0.25) is 9.52 Å². The molecule has 0 saturated heterocycles. The fourth-order valence-corrected chi connectivity index (χ4v) is 4.59. The zero-order chi connectivity index (χ0) is 22.6. The van der Waals surface area contributed by atoms with Gasteiger partial charge in [-0.15, -0.1) is 0 Å². The van der Waals surface area contributed by atoms with Crippen LogP contribution in [0.1, 0.15) is 33.2 Å². The summed E-state index contributed by atoms with van der Waals surface area (Å²) < 4.78 is 28.4. The van der Waals surface area contributed by atoms with Crippen molar-refractivity contribution in [3.63, 3.8) is 0 Å². The number of sulfonamides is 1. The van der Waals surface area contributed by atoms with E-state index in [4.69, 9.17) is 11.6 Å². The molecule has 3 aromatic carbocycles. The lowest BCUT2D eigenvalue weighted by atomic mass is 10.1. The van der Waals surface area contributed by atoms with Crippen LogP contribution in [0.2, 0.25) is 5.02 Å². The number of aliphatic hydroxyl groups is 1. The number of anilines is 1. The van der Waals surface area contributed by atoms with E-state index in [1.165, 1.54) is 12.1 Å². The first-order valence-corrected chi connectivity index (χ1v) is 11.4. The summed E-state index contributed by atoms with van der Waals surface area (Å²) >= 11 is 5.85. The Hall–Kier alpha value is -2.87. The molecule has 1 atom stereocenters. The lowest BCUT2D eigenvalue weighted by molar-refractivity contribution is 0.0917. The number of carbonyl (C=O) groups is 1. The third kappa shape index (κ3) is 5.64. The van der Waals surface area contributed by atoms with Crippen LogP contribution in [0.4, 0.5) is 5.69 Å². The second kappa shape index (κ2) is 9.51. The number of carbonyl (C=O) groups excluding carboxylic acids is 1. The fraction of sp³-hybridized carbons (Fsp3) is 0.174. The summed E-state index contributed by atoms with van der Waals surface area (Å²) in [5.74, 6) is -0.507. The average molecular weight is 459 g/mol. The highest BCUT2D eigenvalue weighted by molar-refractivity contribution is 7.92. The Morgan fingerprint density at radius 3 is 2.42 bits per heavy atom. The van der Waals surface area contributed by atoms with Crippen molar-refractivity contribution in [1.82, 2.24) is 5.32 Å². The number of aryl methyl sites for hydroxylation is 2. The van der Waals surface area contributed by atoms with Gasteiger partial charge in [0.25, 0.3) is 15.9 Å². The third-order valence-corrected chi connectivity index (χ3v) is 6.52. The maximum absolute atomic E-state index is 12.9. The van der Waals surface area contributed by atoms with Crippen LogP contribution in [-0.4, -0.2) is 26.0 Å². The maximum Gasteiger partial charge on any atom is 0.262 e. The zero-order valence-electron chi connectivity index (χ0n) is 17.1. The number of hydrogen-bond acceptors (Lipinski definition) is 4. The van der Waals surface area contributed by atoms with Gasteiger partial charge in [-0.25, -0.2) is 8.42 Å². The summed E-state index contributed by atoms with van der Waals surface area (Å²) in [6.45, 7) is 3.48. The monoisotopic (exact) mass is 458 g/mol. The van der Waals surface area contributed by atoms with E-state index in [0.717, 1.165) is 5.56 Å². The van der Waals surface area contributed by atoms with Crippen molar-refractivity contribution < 1.29 is 18.3 Å². The minimum atomic E-state index is -3.89. The molecule has 1 amide bonds. The lowest BCUT2D eigenvalue weighted by Gasteiger charge is -2.16. The molecule has 0 bridgehead atoms. The fourth-order valence-electron chi connectivity index (χ4n) is 3.05. The van der Waals surface area contributed by atoms with Gasteiger partial charge in [0.15, 0.2) is 0 Å². The summed E-state index contributed by atoms with van der Waals surface area (Å²) in [6, 6.07) is 18.1. The maximum atomic E-state index is 12.9. The lowest BCUT2D eigenvalue weighted by Crippen LogP contribution is -2.29. The molecule has 0 fully saturated rings. The summed E-state index contributed by atoms with van der Waals surface area (Å²) in [7, 11) is -3.89. The molecule has 0 heterocycles. The first-order valence-electron chi connectivity index (χ1n) is 9.58. The SMILES string of the molecule is Cc1ccc(C)c(S(=O)(=O)Nc2ccccc2C(=O)NCC(O)c2ccc(Cl)cc2)c1. The van der Waals surface area contributed by atoms with Crippen LogP contribution in [0.15, 0.2) is 71.6 Å². The summed E-state index contributed by atoms with van der Waals surface area (Å²) in [6.07, 6.45) is -0.931. The molecule has 8 heteroatoms. The molecule has 31 heavy (non-hydrogen) atoms. The largest absolute Gasteiger partial charge is 0.387 e. The van der Waals surface area contributed by atoms with Crippen LogP contribution in [0, 0.1) is 13.8 Å². The topological polar surface area (TPSA) is 95.5 Å². The van der Waals surface area contributed by atoms with Crippen molar-refractivity contribution in [2.45, 2.75) is 24.8 Å². The van der Waals surface area contributed by atoms with Crippen LogP contribution >= 0.6 is 11.6 Å². The number of rotatable bonds is 7. The quantitative estimate of drug-likeness (QED) is 0.494. The minimum absolute atomic E-state index is 0.0431. The van der Waals surface area contributed by atoms with E-state index >= 15 is 0 Å². The van der Waals surface area contributed by atoms with Gasteiger partial charge >= 0.3 is 0 Å².